The Balaban J connectivity index is 1.58. The summed E-state index contributed by atoms with van der Waals surface area (Å²) in [5.74, 6) is -0.382. The summed E-state index contributed by atoms with van der Waals surface area (Å²) in [6.45, 7) is 12.7. The first-order valence-corrected chi connectivity index (χ1v) is 20.1. The van der Waals surface area contributed by atoms with Gasteiger partial charge in [0.25, 0.3) is 10.0 Å². The maximum absolute atomic E-state index is 16.0. The number of carbonyl (C=O) groups is 2. The average Bonchev–Trinajstić information content (AvgIpc) is 3.64. The van der Waals surface area contributed by atoms with E-state index in [0.717, 1.165) is 33.0 Å². The van der Waals surface area contributed by atoms with Crippen molar-refractivity contribution in [3.63, 3.8) is 0 Å². The number of alkyl carbamates (subject to hydrolysis) is 2. The number of nitrogens with one attached hydrogen (secondary N) is 3. The van der Waals surface area contributed by atoms with E-state index < -0.39 is 50.2 Å². The molecule has 0 fully saturated rings. The number of ether oxygens (including phenoxy) is 4. The summed E-state index contributed by atoms with van der Waals surface area (Å²) >= 11 is 0.850. The number of aromatic nitrogens is 2. The number of amides is 2. The van der Waals surface area contributed by atoms with Gasteiger partial charge in [-0.25, -0.2) is 31.7 Å². The van der Waals surface area contributed by atoms with E-state index in [4.69, 9.17) is 18.9 Å². The number of rotatable bonds is 16. The lowest BCUT2D eigenvalue weighted by molar-refractivity contribution is 0.0488. The zero-order valence-electron chi connectivity index (χ0n) is 33.1. The van der Waals surface area contributed by atoms with Crippen molar-refractivity contribution in [1.29, 1.82) is 0 Å². The van der Waals surface area contributed by atoms with Gasteiger partial charge in [0, 0.05) is 53.9 Å². The van der Waals surface area contributed by atoms with Crippen LogP contribution in [0.5, 0.6) is 11.5 Å². The number of anilines is 2. The van der Waals surface area contributed by atoms with Gasteiger partial charge in [-0.05, 0) is 96.3 Å². The van der Waals surface area contributed by atoms with Crippen LogP contribution in [0.1, 0.15) is 65.2 Å². The Bertz CT molecular complexity index is 2050. The van der Waals surface area contributed by atoms with E-state index >= 15 is 4.39 Å². The van der Waals surface area contributed by atoms with Crippen LogP contribution in [0.4, 0.5) is 24.8 Å². The van der Waals surface area contributed by atoms with Gasteiger partial charge in [0.15, 0.2) is 0 Å². The smallest absolute Gasteiger partial charge is 0.407 e. The Hall–Kier alpha value is -5.16. The first kappa shape index (κ1) is 43.6. The van der Waals surface area contributed by atoms with Crippen molar-refractivity contribution in [1.82, 2.24) is 20.0 Å². The molecular weight excluding hydrogens is 764 g/mol. The average molecular weight is 815 g/mol. The molecule has 0 unspecified atom stereocenters. The fraction of sp³-hybridized carbons (Fsp3) is 0.436. The third kappa shape index (κ3) is 12.4. The number of methoxy groups -OCH3 is 2. The normalized spacial score (nSPS) is 12.9. The van der Waals surface area contributed by atoms with Gasteiger partial charge in [-0.3, -0.25) is 0 Å². The number of carbonyl (C=O) groups excluding carboxylic acids is 2. The number of hydrogen-bond acceptors (Lipinski definition) is 12. The molecule has 0 radical (unpaired) electrons. The summed E-state index contributed by atoms with van der Waals surface area (Å²) in [5.41, 5.74) is 1.19. The van der Waals surface area contributed by atoms with Crippen LogP contribution in [0.25, 0.3) is 0 Å². The third-order valence-corrected chi connectivity index (χ3v) is 10.9. The minimum absolute atomic E-state index is 0.0420. The zero-order valence-corrected chi connectivity index (χ0v) is 34.8. The van der Waals surface area contributed by atoms with Crippen LogP contribution in [0.2, 0.25) is 0 Å². The maximum atomic E-state index is 16.0. The zero-order chi connectivity index (χ0) is 41.3. The van der Waals surface area contributed by atoms with Crippen molar-refractivity contribution < 1.29 is 41.3 Å². The number of nitrogens with zero attached hydrogens (tertiary/aromatic N) is 3. The summed E-state index contributed by atoms with van der Waals surface area (Å²) < 4.78 is 70.8. The minimum atomic E-state index is -4.50. The fourth-order valence-corrected chi connectivity index (χ4v) is 7.77. The molecule has 2 atom stereocenters. The SMILES string of the molecule is COc1ccc(CN(c2ncns2)S(=O)(=O)c2ccc(NC[C@H](Cc3ccccc3CNC(=O)OC(C)(C)C)[C@@H](C)NC(=O)OC(C)(C)C)cc2F)c(OC)c1. The lowest BCUT2D eigenvalue weighted by atomic mass is 9.90. The Labute approximate surface area is 332 Å². The van der Waals surface area contributed by atoms with Crippen LogP contribution in [0, 0.1) is 11.7 Å². The molecule has 56 heavy (non-hydrogen) atoms. The van der Waals surface area contributed by atoms with E-state index in [9.17, 15) is 18.0 Å². The molecule has 0 aliphatic carbocycles. The van der Waals surface area contributed by atoms with Gasteiger partial charge < -0.3 is 34.9 Å². The molecule has 0 saturated heterocycles. The van der Waals surface area contributed by atoms with Gasteiger partial charge in [0.1, 0.15) is 39.7 Å². The van der Waals surface area contributed by atoms with Gasteiger partial charge >= 0.3 is 12.2 Å². The Morgan fingerprint density at radius 2 is 1.57 bits per heavy atom. The summed E-state index contributed by atoms with van der Waals surface area (Å²) in [7, 11) is -1.54. The Morgan fingerprint density at radius 3 is 2.18 bits per heavy atom. The molecule has 3 aromatic carbocycles. The molecule has 4 aromatic rings. The minimum Gasteiger partial charge on any atom is -0.497 e. The number of hydrogen-bond donors (Lipinski definition) is 3. The second-order valence-electron chi connectivity index (χ2n) is 15.0. The van der Waals surface area contributed by atoms with Crippen molar-refractivity contribution in [2.45, 2.75) is 90.1 Å². The standard InChI is InChI=1S/C39H51FN6O8S2/c1-25(45-37(48)54-39(5,6)7)29(18-26-12-10-11-13-27(26)21-42-36(47)53-38(2,3)4)22-41-30-15-17-34(32(40)19-30)56(49,50)46(35-43-24-44-55-35)23-28-14-16-31(51-8)20-33(28)52-9/h10-17,19-20,24-25,29,41H,18,21-23H2,1-9H3,(H,42,47)(H,45,48)/t25-,29+/m1/s1. The molecule has 0 aliphatic heterocycles. The second-order valence-corrected chi connectivity index (χ2v) is 17.6. The van der Waals surface area contributed by atoms with Gasteiger partial charge in [-0.15, -0.1) is 0 Å². The molecule has 0 aliphatic rings. The molecule has 0 spiro atoms. The summed E-state index contributed by atoms with van der Waals surface area (Å²) in [4.78, 5) is 28.8. The van der Waals surface area contributed by atoms with E-state index in [1.807, 2.05) is 31.2 Å². The predicted octanol–water partition coefficient (Wildman–Crippen LogP) is 7.30. The first-order chi connectivity index (χ1) is 26.3. The van der Waals surface area contributed by atoms with Crippen molar-refractivity contribution in [2.24, 2.45) is 5.92 Å². The molecule has 2 amide bonds. The fourth-order valence-electron chi connectivity index (χ4n) is 5.59. The van der Waals surface area contributed by atoms with E-state index in [1.54, 1.807) is 59.7 Å². The Kier molecular flexibility index (Phi) is 14.5. The lowest BCUT2D eigenvalue weighted by Crippen LogP contribution is -2.44. The van der Waals surface area contributed by atoms with Crippen molar-refractivity contribution >= 4 is 44.6 Å². The van der Waals surface area contributed by atoms with Crippen LogP contribution < -0.4 is 29.7 Å². The molecule has 1 aromatic heterocycles. The molecule has 1 heterocycles. The summed E-state index contributed by atoms with van der Waals surface area (Å²) in [5, 5.41) is 8.98. The highest BCUT2D eigenvalue weighted by molar-refractivity contribution is 7.93. The van der Waals surface area contributed by atoms with E-state index in [-0.39, 0.29) is 30.7 Å². The van der Waals surface area contributed by atoms with Crippen molar-refractivity contribution in [2.75, 3.05) is 30.4 Å². The number of halogens is 1. The lowest BCUT2D eigenvalue weighted by Gasteiger charge is -2.28. The maximum Gasteiger partial charge on any atom is 0.407 e. The first-order valence-electron chi connectivity index (χ1n) is 17.9. The second kappa shape index (κ2) is 18.7. The van der Waals surface area contributed by atoms with Crippen LogP contribution >= 0.6 is 11.5 Å². The quantitative estimate of drug-likeness (QED) is 0.104. The van der Waals surface area contributed by atoms with Crippen LogP contribution in [-0.2, 0) is 39.0 Å². The van der Waals surface area contributed by atoms with Crippen molar-refractivity contribution in [3.8, 4) is 11.5 Å². The highest BCUT2D eigenvalue weighted by Crippen LogP contribution is 2.33. The topological polar surface area (TPSA) is 170 Å². The molecule has 17 heteroatoms. The number of sulfonamides is 1. The molecule has 0 bridgehead atoms. The predicted molar refractivity (Wildman–Crippen MR) is 213 cm³/mol. The third-order valence-electron chi connectivity index (χ3n) is 8.31. The summed E-state index contributed by atoms with van der Waals surface area (Å²) in [6, 6.07) is 15.9. The molecule has 4 rings (SSSR count). The van der Waals surface area contributed by atoms with Gasteiger partial charge in [0.2, 0.25) is 5.13 Å². The Morgan fingerprint density at radius 1 is 0.893 bits per heavy atom. The summed E-state index contributed by atoms with van der Waals surface area (Å²) in [6.07, 6.45) is 0.520. The highest BCUT2D eigenvalue weighted by Gasteiger charge is 2.32. The van der Waals surface area contributed by atoms with E-state index in [2.05, 4.69) is 25.3 Å². The van der Waals surface area contributed by atoms with Crippen LogP contribution in [0.3, 0.4) is 0 Å². The van der Waals surface area contributed by atoms with Gasteiger partial charge in [0.05, 0.1) is 20.8 Å². The monoisotopic (exact) mass is 814 g/mol. The molecule has 304 valence electrons. The van der Waals surface area contributed by atoms with Crippen LogP contribution in [-0.4, -0.2) is 68.0 Å². The number of benzene rings is 3. The van der Waals surface area contributed by atoms with E-state index in [1.165, 1.54) is 32.7 Å². The van der Waals surface area contributed by atoms with Gasteiger partial charge in [-0.2, -0.15) is 4.37 Å². The van der Waals surface area contributed by atoms with Crippen LogP contribution in [0.15, 0.2) is 71.9 Å². The molecule has 3 N–H and O–H groups in total. The molecular formula is C39H51FN6O8S2. The molecule has 14 nitrogen and oxygen atoms in total. The highest BCUT2D eigenvalue weighted by atomic mass is 32.2. The largest absolute Gasteiger partial charge is 0.497 e. The van der Waals surface area contributed by atoms with Crippen molar-refractivity contribution in [3.05, 3.63) is 89.5 Å². The van der Waals surface area contributed by atoms with Gasteiger partial charge in [-0.1, -0.05) is 24.3 Å². The molecule has 0 saturated carbocycles. The van der Waals surface area contributed by atoms with E-state index in [0.29, 0.717) is 29.2 Å².